The van der Waals surface area contributed by atoms with Crippen LogP contribution in [0.15, 0.2) is 108 Å². The van der Waals surface area contributed by atoms with E-state index in [2.05, 4.69) is 130 Å². The van der Waals surface area contributed by atoms with Crippen LogP contribution in [-0.4, -0.2) is 0 Å². The van der Waals surface area contributed by atoms with E-state index in [1.54, 1.807) is 22.3 Å². The molecule has 4 aromatic carbocycles. The molecule has 0 aliphatic heterocycles. The molecule has 0 bridgehead atoms. The number of fused-ring (bicyclic) bond motifs is 2. The molecule has 0 saturated carbocycles. The second kappa shape index (κ2) is 9.36. The van der Waals surface area contributed by atoms with Gasteiger partial charge in [0.1, 0.15) is 0 Å². The molecule has 2 atom stereocenters. The van der Waals surface area contributed by atoms with E-state index in [9.17, 15) is 0 Å². The molecule has 2 aliphatic rings. The van der Waals surface area contributed by atoms with Gasteiger partial charge in [0.2, 0.25) is 0 Å². The zero-order valence-corrected chi connectivity index (χ0v) is 23.2. The predicted octanol–water partition coefficient (Wildman–Crippen LogP) is 9.69. The zero-order chi connectivity index (χ0) is 23.9. The van der Waals surface area contributed by atoms with Gasteiger partial charge in [0.25, 0.3) is 0 Å². The molecule has 0 amide bonds. The van der Waals surface area contributed by atoms with Gasteiger partial charge in [0, 0.05) is 0 Å². The van der Waals surface area contributed by atoms with Gasteiger partial charge in [-0.05, 0) is 0 Å². The Hall–Kier alpha value is -2.76. The maximum atomic E-state index is 2.51. The first-order chi connectivity index (χ1) is 17.2. The van der Waals surface area contributed by atoms with E-state index in [1.165, 1.54) is 37.5 Å². The maximum absolute atomic E-state index is 2.51. The molecule has 0 radical (unpaired) electrons. The molecule has 35 heavy (non-hydrogen) atoms. The van der Waals surface area contributed by atoms with Crippen molar-refractivity contribution in [2.45, 2.75) is 32.2 Å². The summed E-state index contributed by atoms with van der Waals surface area (Å²) in [5.74, 6) is 0. The second-order valence-electron chi connectivity index (χ2n) is 9.92. The number of hydrogen-bond acceptors (Lipinski definition) is 0. The summed E-state index contributed by atoms with van der Waals surface area (Å²) in [6, 6.07) is 35.8. The van der Waals surface area contributed by atoms with Crippen molar-refractivity contribution < 1.29 is 21.8 Å². The summed E-state index contributed by atoms with van der Waals surface area (Å²) in [5, 5.41) is 0. The number of hydrogen-bond donors (Lipinski definition) is 0. The Balaban J connectivity index is 1.44. The fourth-order valence-corrected chi connectivity index (χ4v) is 15.7. The molecule has 6 rings (SSSR count). The third-order valence-electron chi connectivity index (χ3n) is 7.88. The van der Waals surface area contributed by atoms with Crippen molar-refractivity contribution in [3.05, 3.63) is 130 Å². The van der Waals surface area contributed by atoms with E-state index < -0.39 is 21.8 Å². The second-order valence-corrected chi connectivity index (χ2v) is 17.3. The van der Waals surface area contributed by atoms with E-state index in [-0.39, 0.29) is 0 Å². The van der Waals surface area contributed by atoms with E-state index in [1.807, 2.05) is 0 Å². The first-order valence-corrected chi connectivity index (χ1v) is 17.3. The molecule has 2 unspecified atom stereocenters. The molecule has 2 aliphatic carbocycles. The topological polar surface area (TPSA) is 0 Å². The van der Waals surface area contributed by atoms with Crippen LogP contribution in [0.5, 0.6) is 0 Å². The van der Waals surface area contributed by atoms with Gasteiger partial charge in [-0.2, -0.15) is 0 Å². The van der Waals surface area contributed by atoms with Crippen molar-refractivity contribution in [1.82, 2.24) is 0 Å². The van der Waals surface area contributed by atoms with Crippen molar-refractivity contribution in [2.75, 3.05) is 0 Å². The van der Waals surface area contributed by atoms with Crippen molar-refractivity contribution in [3.8, 4) is 22.3 Å². The van der Waals surface area contributed by atoms with Gasteiger partial charge in [-0.1, -0.05) is 0 Å². The minimum atomic E-state index is -2.02. The molecule has 0 saturated heterocycles. The van der Waals surface area contributed by atoms with Crippen LogP contribution in [0.3, 0.4) is 0 Å². The van der Waals surface area contributed by atoms with Crippen LogP contribution < -0.4 is 0 Å². The molecule has 0 aromatic heterocycles. The van der Waals surface area contributed by atoms with Crippen LogP contribution in [0.1, 0.15) is 50.3 Å². The fourth-order valence-electron chi connectivity index (χ4n) is 6.40. The van der Waals surface area contributed by atoms with Gasteiger partial charge in [0.05, 0.1) is 0 Å². The van der Waals surface area contributed by atoms with Crippen molar-refractivity contribution in [1.29, 1.82) is 0 Å². The summed E-state index contributed by atoms with van der Waals surface area (Å²) in [7, 11) is 0. The van der Waals surface area contributed by atoms with Crippen molar-refractivity contribution in [3.63, 3.8) is 0 Å². The Bertz CT molecular complexity index is 1330. The van der Waals surface area contributed by atoms with E-state index in [4.69, 9.17) is 0 Å². The van der Waals surface area contributed by atoms with Crippen LogP contribution in [-0.2, 0) is 21.8 Å². The Morgan fingerprint density at radius 1 is 0.543 bits per heavy atom. The summed E-state index contributed by atoms with van der Waals surface area (Å²) in [6.07, 6.45) is 5.02. The normalized spacial score (nSPS) is 18.0. The Labute approximate surface area is 217 Å². The van der Waals surface area contributed by atoms with Gasteiger partial charge in [-0.3, -0.25) is 0 Å². The Morgan fingerprint density at radius 2 is 0.971 bits per heavy atom. The van der Waals surface area contributed by atoms with E-state index in [0.717, 1.165) is 0 Å². The average molecular weight is 531 g/mol. The van der Waals surface area contributed by atoms with Crippen molar-refractivity contribution >= 4 is 12.2 Å². The first kappa shape index (κ1) is 22.7. The van der Waals surface area contributed by atoms with Crippen LogP contribution >= 0.6 is 0 Å². The summed E-state index contributed by atoms with van der Waals surface area (Å²) >= 11 is -2.02. The molecule has 0 nitrogen and oxygen atoms in total. The van der Waals surface area contributed by atoms with E-state index in [0.29, 0.717) is 7.25 Å². The quantitative estimate of drug-likeness (QED) is 0.241. The van der Waals surface area contributed by atoms with Gasteiger partial charge in [-0.15, -0.1) is 0 Å². The third-order valence-corrected chi connectivity index (χ3v) is 17.3. The molecule has 0 fully saturated rings. The van der Waals surface area contributed by atoms with Gasteiger partial charge >= 0.3 is 219 Å². The summed E-state index contributed by atoms with van der Waals surface area (Å²) < 4.78 is 2.62. The number of rotatable bonds is 5. The average Bonchev–Trinajstić information content (AvgIpc) is 3.42. The summed E-state index contributed by atoms with van der Waals surface area (Å²) in [6.45, 7) is 7.25. The molecule has 4 aromatic rings. The molecular weight excluding hydrogens is 500 g/mol. The van der Waals surface area contributed by atoms with Gasteiger partial charge in [0.15, 0.2) is 0 Å². The fraction of sp³-hybridized carbons (Fsp3) is 0.176. The monoisotopic (exact) mass is 529 g/mol. The Morgan fingerprint density at radius 3 is 1.37 bits per heavy atom. The third kappa shape index (κ3) is 3.86. The van der Waals surface area contributed by atoms with E-state index >= 15 is 0 Å². The standard InChI is InChI=1S/2C16H13.C2H5.Zr/c2*1-12-10-14-8-5-9-15(16(14)11-12)13-6-3-2-4-7-13;1-2;/h2*2-11H,1H3;1H2,2H3;. The molecular formula is C34H31Zr. The SMILES string of the molecule is C[CH2][Zr]([CH]1C(C)=Cc2c(-c3ccccc3)cccc21)[CH]1C(C)=Cc2c(-c3ccccc3)cccc21. The van der Waals surface area contributed by atoms with Gasteiger partial charge in [-0.25, -0.2) is 0 Å². The molecule has 1 heteroatoms. The number of allylic oxidation sites excluding steroid dienone is 2. The number of benzene rings is 4. The van der Waals surface area contributed by atoms with Crippen molar-refractivity contribution in [2.24, 2.45) is 0 Å². The Kier molecular flexibility index (Phi) is 6.07. The van der Waals surface area contributed by atoms with Gasteiger partial charge < -0.3 is 0 Å². The first-order valence-electron chi connectivity index (χ1n) is 12.8. The van der Waals surface area contributed by atoms with Crippen LogP contribution in [0.2, 0.25) is 4.13 Å². The summed E-state index contributed by atoms with van der Waals surface area (Å²) in [5.41, 5.74) is 14.7. The van der Waals surface area contributed by atoms with Crippen LogP contribution in [0, 0.1) is 0 Å². The van der Waals surface area contributed by atoms with Crippen LogP contribution in [0.25, 0.3) is 34.4 Å². The molecule has 0 N–H and O–H groups in total. The molecule has 0 spiro atoms. The van der Waals surface area contributed by atoms with Crippen LogP contribution in [0.4, 0.5) is 0 Å². The molecule has 0 heterocycles. The summed E-state index contributed by atoms with van der Waals surface area (Å²) in [4.78, 5) is 0. The predicted molar refractivity (Wildman–Crippen MR) is 147 cm³/mol. The zero-order valence-electron chi connectivity index (χ0n) is 20.8. The molecule has 171 valence electrons. The minimum absolute atomic E-state index is 0.640.